The molecule has 0 atom stereocenters. The second-order valence-corrected chi connectivity index (χ2v) is 9.11. The number of methoxy groups -OCH3 is 1. The van der Waals surface area contributed by atoms with Crippen molar-refractivity contribution in [3.63, 3.8) is 0 Å². The number of hydrogen-bond acceptors (Lipinski definition) is 6. The molecular formula is C20H23N3O4S. The molecule has 0 saturated heterocycles. The Kier molecular flexibility index (Phi) is 5.53. The molecule has 0 spiro atoms. The molecule has 1 aromatic heterocycles. The first-order valence-corrected chi connectivity index (χ1v) is 10.3. The lowest BCUT2D eigenvalue weighted by Gasteiger charge is -2.11. The van der Waals surface area contributed by atoms with Crippen molar-refractivity contribution < 1.29 is 17.7 Å². The molecule has 0 saturated carbocycles. The van der Waals surface area contributed by atoms with Crippen molar-refractivity contribution in [3.8, 4) is 17.1 Å². The van der Waals surface area contributed by atoms with Gasteiger partial charge in [-0.05, 0) is 23.8 Å². The van der Waals surface area contributed by atoms with Crippen LogP contribution in [-0.2, 0) is 22.0 Å². The van der Waals surface area contributed by atoms with E-state index in [0.29, 0.717) is 17.2 Å². The van der Waals surface area contributed by atoms with Gasteiger partial charge in [-0.1, -0.05) is 56.3 Å². The van der Waals surface area contributed by atoms with Gasteiger partial charge < -0.3 is 9.26 Å². The molecule has 28 heavy (non-hydrogen) atoms. The van der Waals surface area contributed by atoms with E-state index >= 15 is 0 Å². The van der Waals surface area contributed by atoms with Crippen LogP contribution in [-0.4, -0.2) is 25.7 Å². The maximum absolute atomic E-state index is 12.7. The molecule has 0 aliphatic carbocycles. The largest absolute Gasteiger partial charge is 0.496 e. The molecular weight excluding hydrogens is 378 g/mol. The minimum absolute atomic E-state index is 0.0985. The van der Waals surface area contributed by atoms with Gasteiger partial charge >= 0.3 is 0 Å². The molecule has 148 valence electrons. The molecule has 2 aromatic carbocycles. The van der Waals surface area contributed by atoms with Gasteiger partial charge in [-0.3, -0.25) is 0 Å². The SMILES string of the molecule is COc1ccc(S(=O)(=O)NCc2ccccc2)cc1-c1noc(C(C)(C)C)n1. The molecule has 0 bridgehead atoms. The van der Waals surface area contributed by atoms with Crippen LogP contribution in [0, 0.1) is 0 Å². The Bertz CT molecular complexity index is 1050. The topological polar surface area (TPSA) is 94.3 Å². The van der Waals surface area contributed by atoms with Crippen LogP contribution in [0.15, 0.2) is 57.9 Å². The Morgan fingerprint density at radius 2 is 1.82 bits per heavy atom. The minimum atomic E-state index is -3.73. The normalized spacial score (nSPS) is 12.1. The van der Waals surface area contributed by atoms with Gasteiger partial charge in [0, 0.05) is 12.0 Å². The quantitative estimate of drug-likeness (QED) is 0.679. The average Bonchev–Trinajstić information content (AvgIpc) is 3.17. The maximum atomic E-state index is 12.7. The van der Waals surface area contributed by atoms with Crippen molar-refractivity contribution in [3.05, 3.63) is 60.0 Å². The van der Waals surface area contributed by atoms with Crippen LogP contribution in [0.2, 0.25) is 0 Å². The van der Waals surface area contributed by atoms with Crippen LogP contribution in [0.4, 0.5) is 0 Å². The Morgan fingerprint density at radius 3 is 2.43 bits per heavy atom. The molecule has 3 rings (SSSR count). The molecule has 7 nitrogen and oxygen atoms in total. The van der Waals surface area contributed by atoms with Crippen LogP contribution in [0.1, 0.15) is 32.2 Å². The second kappa shape index (κ2) is 7.73. The second-order valence-electron chi connectivity index (χ2n) is 7.35. The van der Waals surface area contributed by atoms with Gasteiger partial charge in [0.15, 0.2) is 0 Å². The van der Waals surface area contributed by atoms with Crippen LogP contribution in [0.3, 0.4) is 0 Å². The van der Waals surface area contributed by atoms with Gasteiger partial charge in [0.2, 0.25) is 21.7 Å². The summed E-state index contributed by atoms with van der Waals surface area (Å²) in [6, 6.07) is 13.9. The smallest absolute Gasteiger partial charge is 0.240 e. The highest BCUT2D eigenvalue weighted by Crippen LogP contribution is 2.32. The standard InChI is InChI=1S/C20H23N3O4S/c1-20(2,3)19-22-18(23-27-19)16-12-15(10-11-17(16)26-4)28(24,25)21-13-14-8-6-5-7-9-14/h5-12,21H,13H2,1-4H3. The van der Waals surface area contributed by atoms with E-state index in [1.165, 1.54) is 19.2 Å². The number of hydrogen-bond donors (Lipinski definition) is 1. The number of nitrogens with one attached hydrogen (secondary N) is 1. The van der Waals surface area contributed by atoms with Crippen LogP contribution in [0.5, 0.6) is 5.75 Å². The number of nitrogens with zero attached hydrogens (tertiary/aromatic N) is 2. The van der Waals surface area contributed by atoms with Crippen LogP contribution in [0.25, 0.3) is 11.4 Å². The fourth-order valence-corrected chi connectivity index (χ4v) is 3.57. The van der Waals surface area contributed by atoms with E-state index in [2.05, 4.69) is 14.9 Å². The van der Waals surface area contributed by atoms with Crippen LogP contribution >= 0.6 is 0 Å². The number of ether oxygens (including phenoxy) is 1. The highest BCUT2D eigenvalue weighted by Gasteiger charge is 2.24. The Labute approximate surface area is 164 Å². The zero-order valence-corrected chi connectivity index (χ0v) is 17.1. The lowest BCUT2D eigenvalue weighted by molar-refractivity contribution is 0.321. The number of aromatic nitrogens is 2. The predicted octanol–water partition coefficient (Wildman–Crippen LogP) is 3.52. The Hall–Kier alpha value is -2.71. The van der Waals surface area contributed by atoms with Gasteiger partial charge in [0.05, 0.1) is 17.6 Å². The van der Waals surface area contributed by atoms with Crippen molar-refractivity contribution >= 4 is 10.0 Å². The highest BCUT2D eigenvalue weighted by molar-refractivity contribution is 7.89. The molecule has 0 radical (unpaired) electrons. The van der Waals surface area contributed by atoms with E-state index in [1.54, 1.807) is 6.07 Å². The van der Waals surface area contributed by atoms with Gasteiger partial charge in [-0.2, -0.15) is 4.98 Å². The van der Waals surface area contributed by atoms with E-state index in [4.69, 9.17) is 9.26 Å². The number of benzene rings is 2. The van der Waals surface area contributed by atoms with E-state index in [-0.39, 0.29) is 22.7 Å². The third-order valence-electron chi connectivity index (χ3n) is 4.10. The summed E-state index contributed by atoms with van der Waals surface area (Å²) in [4.78, 5) is 4.50. The Morgan fingerprint density at radius 1 is 1.11 bits per heavy atom. The van der Waals surface area contributed by atoms with Gasteiger partial charge in [-0.25, -0.2) is 13.1 Å². The lowest BCUT2D eigenvalue weighted by atomic mass is 9.97. The summed E-state index contributed by atoms with van der Waals surface area (Å²) in [5.74, 6) is 1.20. The van der Waals surface area contributed by atoms with Crippen molar-refractivity contribution in [1.29, 1.82) is 0 Å². The van der Waals surface area contributed by atoms with Crippen molar-refractivity contribution in [1.82, 2.24) is 14.9 Å². The summed E-state index contributed by atoms with van der Waals surface area (Å²) >= 11 is 0. The predicted molar refractivity (Wildman–Crippen MR) is 105 cm³/mol. The first-order chi connectivity index (χ1) is 13.2. The van der Waals surface area contributed by atoms with E-state index in [0.717, 1.165) is 5.56 Å². The first kappa shape index (κ1) is 20.0. The summed E-state index contributed by atoms with van der Waals surface area (Å²) < 4.78 is 38.8. The molecule has 0 amide bonds. The molecule has 1 N–H and O–H groups in total. The van der Waals surface area contributed by atoms with E-state index in [9.17, 15) is 8.42 Å². The maximum Gasteiger partial charge on any atom is 0.240 e. The number of sulfonamides is 1. The first-order valence-electron chi connectivity index (χ1n) is 8.77. The molecule has 1 heterocycles. The number of rotatable bonds is 6. The average molecular weight is 401 g/mol. The zero-order chi connectivity index (χ0) is 20.4. The Balaban J connectivity index is 1.93. The summed E-state index contributed by atoms with van der Waals surface area (Å²) in [5, 5.41) is 4.00. The molecule has 3 aromatic rings. The van der Waals surface area contributed by atoms with Gasteiger partial charge in [0.1, 0.15) is 5.75 Å². The third kappa shape index (κ3) is 4.40. The molecule has 8 heteroatoms. The van der Waals surface area contributed by atoms with Crippen molar-refractivity contribution in [2.24, 2.45) is 0 Å². The van der Waals surface area contributed by atoms with Crippen molar-refractivity contribution in [2.45, 2.75) is 37.6 Å². The van der Waals surface area contributed by atoms with Crippen LogP contribution < -0.4 is 9.46 Å². The zero-order valence-electron chi connectivity index (χ0n) is 16.3. The molecule has 0 fully saturated rings. The van der Waals surface area contributed by atoms with Gasteiger partial charge in [0.25, 0.3) is 0 Å². The fraction of sp³-hybridized carbons (Fsp3) is 0.300. The highest BCUT2D eigenvalue weighted by atomic mass is 32.2. The third-order valence-corrected chi connectivity index (χ3v) is 5.50. The molecule has 0 aliphatic heterocycles. The van der Waals surface area contributed by atoms with Gasteiger partial charge in [-0.15, -0.1) is 0 Å². The van der Waals surface area contributed by atoms with Crippen molar-refractivity contribution in [2.75, 3.05) is 7.11 Å². The molecule has 0 unspecified atom stereocenters. The fourth-order valence-electron chi connectivity index (χ4n) is 2.52. The summed E-state index contributed by atoms with van der Waals surface area (Å²) in [6.07, 6.45) is 0. The monoisotopic (exact) mass is 401 g/mol. The van der Waals surface area contributed by atoms with E-state index < -0.39 is 10.0 Å². The summed E-state index contributed by atoms with van der Waals surface area (Å²) in [7, 11) is -2.22. The summed E-state index contributed by atoms with van der Waals surface area (Å²) in [6.45, 7) is 6.06. The van der Waals surface area contributed by atoms with E-state index in [1.807, 2.05) is 51.1 Å². The molecule has 0 aliphatic rings. The lowest BCUT2D eigenvalue weighted by Crippen LogP contribution is -2.23. The minimum Gasteiger partial charge on any atom is -0.496 e. The summed E-state index contributed by atoms with van der Waals surface area (Å²) in [5.41, 5.74) is 0.997.